The molecule has 20 heavy (non-hydrogen) atoms. The number of hydrogen-bond acceptors (Lipinski definition) is 3. The van der Waals surface area contributed by atoms with Crippen molar-refractivity contribution in [2.24, 2.45) is 5.41 Å². The van der Waals surface area contributed by atoms with Gasteiger partial charge in [-0.15, -0.1) is 5.92 Å². The second kappa shape index (κ2) is 9.19. The molecular weight excluding hydrogens is 246 g/mol. The molecule has 3 nitrogen and oxygen atoms in total. The third-order valence-electron chi connectivity index (χ3n) is 1.98. The predicted molar refractivity (Wildman–Crippen MR) is 81.6 cm³/mol. The van der Waals surface area contributed by atoms with Crippen LogP contribution in [-0.4, -0.2) is 25.1 Å². The molecule has 0 amide bonds. The fourth-order valence-electron chi connectivity index (χ4n) is 1.58. The Bertz CT molecular complexity index is 298. The van der Waals surface area contributed by atoms with E-state index in [1.807, 2.05) is 41.5 Å². The molecule has 0 unspecified atom stereocenters. The Morgan fingerprint density at radius 1 is 0.750 bits per heavy atom. The Labute approximate surface area is 137 Å². The molecule has 0 fully saturated rings. The summed E-state index contributed by atoms with van der Waals surface area (Å²) in [6.07, 6.45) is -0.0229. The molecule has 0 spiro atoms. The van der Waals surface area contributed by atoms with E-state index in [0.717, 1.165) is 0 Å². The molecule has 0 aliphatic carbocycles. The SMILES string of the molecule is CC(C)O[B-](C#CC(C)(C)C)(OC(C)C)OC(C)C.[Li+]. The van der Waals surface area contributed by atoms with E-state index < -0.39 is 6.75 Å². The number of rotatable bonds is 6. The maximum absolute atomic E-state index is 5.90. The first-order chi connectivity index (χ1) is 8.46. The van der Waals surface area contributed by atoms with Crippen LogP contribution in [0.2, 0.25) is 0 Å². The third kappa shape index (κ3) is 10.8. The molecule has 0 atom stereocenters. The van der Waals surface area contributed by atoms with Gasteiger partial charge < -0.3 is 14.0 Å². The largest absolute Gasteiger partial charge is 1.00 e. The molecule has 0 rings (SSSR count). The van der Waals surface area contributed by atoms with Crippen molar-refractivity contribution >= 4 is 6.75 Å². The Balaban J connectivity index is 0. The molecule has 0 N–H and O–H groups in total. The monoisotopic (exact) mass is 276 g/mol. The van der Waals surface area contributed by atoms with E-state index in [1.54, 1.807) is 0 Å². The summed E-state index contributed by atoms with van der Waals surface area (Å²) in [5, 5.41) is 0. The molecule has 0 aromatic rings. The predicted octanol–water partition coefficient (Wildman–Crippen LogP) is 0.793. The van der Waals surface area contributed by atoms with Crippen molar-refractivity contribution in [3.63, 3.8) is 0 Å². The molecular formula is C15H30BLiO3. The van der Waals surface area contributed by atoms with E-state index in [1.165, 1.54) is 0 Å². The van der Waals surface area contributed by atoms with Crippen LogP contribution in [0.5, 0.6) is 0 Å². The maximum Gasteiger partial charge on any atom is 1.00 e. The summed E-state index contributed by atoms with van der Waals surface area (Å²) in [6, 6.07) is 0. The van der Waals surface area contributed by atoms with E-state index >= 15 is 0 Å². The van der Waals surface area contributed by atoms with Crippen LogP contribution < -0.4 is 18.9 Å². The van der Waals surface area contributed by atoms with E-state index in [9.17, 15) is 0 Å². The van der Waals surface area contributed by atoms with Gasteiger partial charge in [0.1, 0.15) is 0 Å². The van der Waals surface area contributed by atoms with E-state index in [4.69, 9.17) is 14.0 Å². The fraction of sp³-hybridized carbons (Fsp3) is 0.867. The Kier molecular flexibility index (Phi) is 10.3. The minimum Gasteiger partial charge on any atom is -0.532 e. The molecule has 0 radical (unpaired) electrons. The van der Waals surface area contributed by atoms with Crippen molar-refractivity contribution in [2.75, 3.05) is 0 Å². The van der Waals surface area contributed by atoms with Crippen LogP contribution in [0, 0.1) is 17.2 Å². The first-order valence-electron chi connectivity index (χ1n) is 7.17. The van der Waals surface area contributed by atoms with Crippen molar-refractivity contribution in [3.8, 4) is 11.7 Å². The zero-order valence-corrected chi connectivity index (χ0v) is 15.0. The van der Waals surface area contributed by atoms with Gasteiger partial charge in [0.25, 0.3) is 0 Å². The second-order valence-corrected chi connectivity index (χ2v) is 6.72. The van der Waals surface area contributed by atoms with Crippen LogP contribution in [0.3, 0.4) is 0 Å². The molecule has 0 saturated heterocycles. The maximum atomic E-state index is 5.90. The second-order valence-electron chi connectivity index (χ2n) is 6.72. The van der Waals surface area contributed by atoms with E-state index in [2.05, 4.69) is 32.5 Å². The summed E-state index contributed by atoms with van der Waals surface area (Å²) >= 11 is 0. The molecule has 0 aliphatic rings. The van der Waals surface area contributed by atoms with Crippen molar-refractivity contribution in [2.45, 2.75) is 80.6 Å². The third-order valence-corrected chi connectivity index (χ3v) is 1.98. The Hall–Kier alpha value is 0.102. The molecule has 0 aromatic heterocycles. The van der Waals surface area contributed by atoms with Crippen LogP contribution in [0.1, 0.15) is 62.3 Å². The van der Waals surface area contributed by atoms with Gasteiger partial charge in [-0.1, -0.05) is 0 Å². The zero-order chi connectivity index (χ0) is 15.3. The van der Waals surface area contributed by atoms with Gasteiger partial charge in [-0.25, -0.2) is 5.82 Å². The fourth-order valence-corrected chi connectivity index (χ4v) is 1.58. The average Bonchev–Trinajstić information content (AvgIpc) is 2.09. The first kappa shape index (κ1) is 22.4. The van der Waals surface area contributed by atoms with Gasteiger partial charge in [0, 0.05) is 23.7 Å². The van der Waals surface area contributed by atoms with Crippen molar-refractivity contribution in [3.05, 3.63) is 0 Å². The minimum absolute atomic E-state index is 0. The van der Waals surface area contributed by atoms with Crippen LogP contribution in [0.4, 0.5) is 0 Å². The minimum atomic E-state index is -2.04. The summed E-state index contributed by atoms with van der Waals surface area (Å²) < 4.78 is 17.7. The van der Waals surface area contributed by atoms with Crippen molar-refractivity contribution in [1.29, 1.82) is 0 Å². The summed E-state index contributed by atoms with van der Waals surface area (Å²) in [7, 11) is 0. The van der Waals surface area contributed by atoms with Crippen LogP contribution in [0.15, 0.2) is 0 Å². The molecule has 0 saturated carbocycles. The quantitative estimate of drug-likeness (QED) is 0.530. The summed E-state index contributed by atoms with van der Waals surface area (Å²) in [5.41, 5.74) is -0.117. The zero-order valence-electron chi connectivity index (χ0n) is 15.0. The van der Waals surface area contributed by atoms with Crippen molar-refractivity contribution in [1.82, 2.24) is 0 Å². The summed E-state index contributed by atoms with van der Waals surface area (Å²) in [6.45, 7) is 15.9. The molecule has 112 valence electrons. The molecule has 0 heterocycles. The van der Waals surface area contributed by atoms with Gasteiger partial charge in [0.05, 0.1) is 0 Å². The normalized spacial score (nSPS) is 12.4. The van der Waals surface area contributed by atoms with Crippen LogP contribution >= 0.6 is 0 Å². The molecule has 0 aromatic carbocycles. The van der Waals surface area contributed by atoms with Gasteiger partial charge in [-0.3, -0.25) is 0 Å². The molecule has 0 aliphatic heterocycles. The van der Waals surface area contributed by atoms with Gasteiger partial charge in [0.2, 0.25) is 0 Å². The van der Waals surface area contributed by atoms with Crippen LogP contribution in [-0.2, 0) is 14.0 Å². The molecule has 5 heteroatoms. The summed E-state index contributed by atoms with van der Waals surface area (Å²) in [4.78, 5) is 0. The van der Waals surface area contributed by atoms with Gasteiger partial charge in [0.15, 0.2) is 0 Å². The summed E-state index contributed by atoms with van der Waals surface area (Å²) in [5.74, 6) is 6.29. The van der Waals surface area contributed by atoms with Crippen LogP contribution in [0.25, 0.3) is 0 Å². The Morgan fingerprint density at radius 3 is 1.25 bits per heavy atom. The van der Waals surface area contributed by atoms with E-state index in [0.29, 0.717) is 0 Å². The average molecular weight is 276 g/mol. The molecule has 0 bridgehead atoms. The standard InChI is InChI=1S/C15H30BO3.Li/c1-12(2)17-16(18-13(3)4,19-14(5)6)11-10-15(7,8)9;/h12-14H,1-9H3;/q-1;+1. The van der Waals surface area contributed by atoms with Gasteiger partial charge >= 0.3 is 25.6 Å². The van der Waals surface area contributed by atoms with Crippen molar-refractivity contribution < 1.29 is 32.8 Å². The topological polar surface area (TPSA) is 27.7 Å². The van der Waals surface area contributed by atoms with E-state index in [-0.39, 0.29) is 42.6 Å². The smallest absolute Gasteiger partial charge is 0.532 e. The Morgan fingerprint density at radius 2 is 1.05 bits per heavy atom. The van der Waals surface area contributed by atoms with Gasteiger partial charge in [-0.05, 0) is 62.3 Å². The number of hydrogen-bond donors (Lipinski definition) is 0. The first-order valence-corrected chi connectivity index (χ1v) is 7.17. The van der Waals surface area contributed by atoms with Gasteiger partial charge in [-0.2, -0.15) is 0 Å².